The van der Waals surface area contributed by atoms with Gasteiger partial charge in [-0.15, -0.1) is 0 Å². The standard InChI is InChI=1S/C15H24INO2/c1-18-14-6-8-15(9-7-14)19-13-12-17-11-5-3-2-4-10-16/h6-9,17H,2-5,10-13H2,1H3. The Labute approximate surface area is 130 Å². The second-order valence-corrected chi connectivity index (χ2v) is 5.46. The molecule has 108 valence electrons. The molecule has 1 rings (SSSR count). The molecule has 0 amide bonds. The molecule has 0 radical (unpaired) electrons. The van der Waals surface area contributed by atoms with Crippen LogP contribution in [0.2, 0.25) is 0 Å². The van der Waals surface area contributed by atoms with Gasteiger partial charge in [0.2, 0.25) is 0 Å². The largest absolute Gasteiger partial charge is 0.497 e. The lowest BCUT2D eigenvalue weighted by Crippen LogP contribution is -2.22. The molecule has 4 heteroatoms. The van der Waals surface area contributed by atoms with Crippen LogP contribution in [-0.2, 0) is 0 Å². The van der Waals surface area contributed by atoms with E-state index in [0.717, 1.165) is 24.6 Å². The van der Waals surface area contributed by atoms with Crippen molar-refractivity contribution in [2.24, 2.45) is 0 Å². The quantitative estimate of drug-likeness (QED) is 0.363. The summed E-state index contributed by atoms with van der Waals surface area (Å²) in [5.74, 6) is 1.75. The van der Waals surface area contributed by atoms with Gasteiger partial charge in [0.1, 0.15) is 18.1 Å². The number of hydrogen-bond acceptors (Lipinski definition) is 3. The first-order valence-corrected chi connectivity index (χ1v) is 8.43. The second kappa shape index (κ2) is 11.3. The highest BCUT2D eigenvalue weighted by molar-refractivity contribution is 14.1. The molecule has 0 unspecified atom stereocenters. The summed E-state index contributed by atoms with van der Waals surface area (Å²) >= 11 is 2.44. The van der Waals surface area contributed by atoms with E-state index in [1.54, 1.807) is 7.11 Å². The molecule has 0 bridgehead atoms. The van der Waals surface area contributed by atoms with Crippen LogP contribution in [-0.4, -0.2) is 31.2 Å². The third-order valence-corrected chi connectivity index (χ3v) is 3.61. The van der Waals surface area contributed by atoms with Crippen molar-refractivity contribution in [3.8, 4) is 11.5 Å². The summed E-state index contributed by atoms with van der Waals surface area (Å²) in [5, 5.41) is 3.40. The fourth-order valence-corrected chi connectivity index (χ4v) is 2.28. The molecule has 3 nitrogen and oxygen atoms in total. The average Bonchev–Trinajstić information content (AvgIpc) is 2.46. The summed E-state index contributed by atoms with van der Waals surface area (Å²) in [6.07, 6.45) is 5.29. The number of hydrogen-bond donors (Lipinski definition) is 1. The van der Waals surface area contributed by atoms with Gasteiger partial charge in [0.15, 0.2) is 0 Å². The van der Waals surface area contributed by atoms with Gasteiger partial charge in [0.05, 0.1) is 7.11 Å². The zero-order valence-corrected chi connectivity index (χ0v) is 13.8. The van der Waals surface area contributed by atoms with Gasteiger partial charge >= 0.3 is 0 Å². The first-order valence-electron chi connectivity index (χ1n) is 6.90. The third kappa shape index (κ3) is 8.31. The fourth-order valence-electron chi connectivity index (χ4n) is 1.74. The van der Waals surface area contributed by atoms with E-state index < -0.39 is 0 Å². The number of benzene rings is 1. The Morgan fingerprint density at radius 2 is 1.63 bits per heavy atom. The van der Waals surface area contributed by atoms with Crippen LogP contribution in [0.3, 0.4) is 0 Å². The summed E-state index contributed by atoms with van der Waals surface area (Å²) in [6, 6.07) is 7.69. The molecule has 0 aliphatic heterocycles. The molecule has 1 aromatic carbocycles. The Morgan fingerprint density at radius 3 is 2.32 bits per heavy atom. The summed E-state index contributed by atoms with van der Waals surface area (Å²) < 4.78 is 12.0. The van der Waals surface area contributed by atoms with Crippen molar-refractivity contribution in [1.82, 2.24) is 5.32 Å². The van der Waals surface area contributed by atoms with Crippen LogP contribution in [0.5, 0.6) is 11.5 Å². The van der Waals surface area contributed by atoms with Gasteiger partial charge in [-0.25, -0.2) is 0 Å². The van der Waals surface area contributed by atoms with Crippen molar-refractivity contribution in [2.75, 3.05) is 31.2 Å². The van der Waals surface area contributed by atoms with E-state index in [-0.39, 0.29) is 0 Å². The highest BCUT2D eigenvalue weighted by atomic mass is 127. The van der Waals surface area contributed by atoms with Crippen LogP contribution in [0.25, 0.3) is 0 Å². The second-order valence-electron chi connectivity index (χ2n) is 4.38. The first-order chi connectivity index (χ1) is 9.36. The number of alkyl halides is 1. The number of ether oxygens (including phenoxy) is 2. The van der Waals surface area contributed by atoms with Crippen LogP contribution < -0.4 is 14.8 Å². The molecule has 1 N–H and O–H groups in total. The van der Waals surface area contributed by atoms with Crippen LogP contribution >= 0.6 is 22.6 Å². The SMILES string of the molecule is COc1ccc(OCCNCCCCCCI)cc1. The zero-order valence-electron chi connectivity index (χ0n) is 11.7. The molecule has 19 heavy (non-hydrogen) atoms. The molecule has 0 fully saturated rings. The van der Waals surface area contributed by atoms with E-state index in [2.05, 4.69) is 27.9 Å². The van der Waals surface area contributed by atoms with E-state index in [4.69, 9.17) is 9.47 Å². The molecule has 0 aliphatic rings. The Balaban J connectivity index is 1.95. The van der Waals surface area contributed by atoms with Crippen molar-refractivity contribution in [2.45, 2.75) is 25.7 Å². The lowest BCUT2D eigenvalue weighted by Gasteiger charge is -2.08. The van der Waals surface area contributed by atoms with E-state index in [9.17, 15) is 0 Å². The van der Waals surface area contributed by atoms with Gasteiger partial charge < -0.3 is 14.8 Å². The van der Waals surface area contributed by atoms with Gasteiger partial charge in [-0.3, -0.25) is 0 Å². The fraction of sp³-hybridized carbons (Fsp3) is 0.600. The van der Waals surface area contributed by atoms with Crippen molar-refractivity contribution < 1.29 is 9.47 Å². The molecule has 0 spiro atoms. The smallest absolute Gasteiger partial charge is 0.119 e. The lowest BCUT2D eigenvalue weighted by molar-refractivity contribution is 0.313. The summed E-state index contributed by atoms with van der Waals surface area (Å²) in [5.41, 5.74) is 0. The molecule has 0 saturated carbocycles. The highest BCUT2D eigenvalue weighted by Gasteiger charge is 1.95. The summed E-state index contributed by atoms with van der Waals surface area (Å²) in [6.45, 7) is 2.70. The number of rotatable bonds is 11. The number of unbranched alkanes of at least 4 members (excludes halogenated alkanes) is 3. The van der Waals surface area contributed by atoms with Gasteiger partial charge in [-0.05, 0) is 48.1 Å². The van der Waals surface area contributed by atoms with Crippen LogP contribution in [0, 0.1) is 0 Å². The normalized spacial score (nSPS) is 10.4. The van der Waals surface area contributed by atoms with Crippen molar-refractivity contribution in [3.05, 3.63) is 24.3 Å². The maximum absolute atomic E-state index is 5.63. The summed E-state index contributed by atoms with van der Waals surface area (Å²) in [4.78, 5) is 0. The molecule has 0 aliphatic carbocycles. The van der Waals surface area contributed by atoms with Gasteiger partial charge in [0, 0.05) is 6.54 Å². The minimum atomic E-state index is 0.708. The minimum absolute atomic E-state index is 0.708. The van der Waals surface area contributed by atoms with Gasteiger partial charge in [-0.1, -0.05) is 35.4 Å². The van der Waals surface area contributed by atoms with E-state index in [1.807, 2.05) is 24.3 Å². The number of nitrogens with one attached hydrogen (secondary N) is 1. The molecular formula is C15H24INO2. The lowest BCUT2D eigenvalue weighted by atomic mass is 10.2. The van der Waals surface area contributed by atoms with Crippen molar-refractivity contribution in [1.29, 1.82) is 0 Å². The minimum Gasteiger partial charge on any atom is -0.497 e. The first kappa shape index (κ1) is 16.6. The van der Waals surface area contributed by atoms with E-state index in [1.165, 1.54) is 30.1 Å². The monoisotopic (exact) mass is 377 g/mol. The Hall–Kier alpha value is -0.490. The summed E-state index contributed by atoms with van der Waals surface area (Å²) in [7, 11) is 1.67. The molecule has 0 atom stereocenters. The Kier molecular flexibility index (Phi) is 9.89. The molecular weight excluding hydrogens is 353 g/mol. The highest BCUT2D eigenvalue weighted by Crippen LogP contribution is 2.16. The maximum atomic E-state index is 5.63. The van der Waals surface area contributed by atoms with Crippen molar-refractivity contribution in [3.63, 3.8) is 0 Å². The number of methoxy groups -OCH3 is 1. The van der Waals surface area contributed by atoms with Crippen LogP contribution in [0.4, 0.5) is 0 Å². The molecule has 1 aromatic rings. The van der Waals surface area contributed by atoms with E-state index >= 15 is 0 Å². The van der Waals surface area contributed by atoms with Crippen molar-refractivity contribution >= 4 is 22.6 Å². The van der Waals surface area contributed by atoms with Crippen LogP contribution in [0.15, 0.2) is 24.3 Å². The predicted octanol–water partition coefficient (Wildman–Crippen LogP) is 3.66. The average molecular weight is 377 g/mol. The topological polar surface area (TPSA) is 30.5 Å². The molecule has 0 saturated heterocycles. The number of halogens is 1. The molecule has 0 aromatic heterocycles. The maximum Gasteiger partial charge on any atom is 0.119 e. The van der Waals surface area contributed by atoms with Gasteiger partial charge in [-0.2, -0.15) is 0 Å². The zero-order chi connectivity index (χ0) is 13.8. The molecule has 0 heterocycles. The predicted molar refractivity (Wildman–Crippen MR) is 88.7 cm³/mol. The van der Waals surface area contributed by atoms with E-state index in [0.29, 0.717) is 6.61 Å². The Morgan fingerprint density at radius 1 is 0.947 bits per heavy atom. The third-order valence-electron chi connectivity index (χ3n) is 2.84. The van der Waals surface area contributed by atoms with Gasteiger partial charge in [0.25, 0.3) is 0 Å². The van der Waals surface area contributed by atoms with Crippen LogP contribution in [0.1, 0.15) is 25.7 Å². The Bertz CT molecular complexity index is 316.